The van der Waals surface area contributed by atoms with Gasteiger partial charge >= 0.3 is 0 Å². The molecule has 5 heteroatoms. The summed E-state index contributed by atoms with van der Waals surface area (Å²) in [6, 6.07) is 6.22. The molecule has 0 aliphatic heterocycles. The number of rotatable bonds is 2. The van der Waals surface area contributed by atoms with Gasteiger partial charge in [0, 0.05) is 22.6 Å². The maximum absolute atomic E-state index is 13.1. The molecular weight excluding hydrogens is 265 g/mol. The van der Waals surface area contributed by atoms with Gasteiger partial charge in [0.15, 0.2) is 0 Å². The Balaban J connectivity index is 2.02. The number of hydrogen-bond donors (Lipinski definition) is 1. The number of fused-ring (bicyclic) bond motifs is 1. The van der Waals surface area contributed by atoms with E-state index in [2.05, 4.69) is 15.3 Å². The molecule has 3 nitrogen and oxygen atoms in total. The molecule has 19 heavy (non-hydrogen) atoms. The van der Waals surface area contributed by atoms with E-state index in [1.807, 2.05) is 0 Å². The number of anilines is 1. The number of aromatic nitrogens is 2. The summed E-state index contributed by atoms with van der Waals surface area (Å²) in [5, 5.41) is 2.41. The van der Waals surface area contributed by atoms with Gasteiger partial charge in [-0.25, -0.2) is 14.4 Å². The average Bonchev–Trinajstić information content (AvgIpc) is 2.81. The Labute approximate surface area is 120 Å². The maximum atomic E-state index is 13.1. The van der Waals surface area contributed by atoms with E-state index < -0.39 is 6.98 Å². The molecule has 0 saturated carbocycles. The van der Waals surface area contributed by atoms with Crippen molar-refractivity contribution in [2.75, 3.05) is 12.3 Å². The Hall–Kier alpha value is -1.68. The van der Waals surface area contributed by atoms with Gasteiger partial charge in [-0.1, -0.05) is 12.1 Å². The maximum Gasteiger partial charge on any atom is 0.224 e. The Morgan fingerprint density at radius 3 is 2.89 bits per heavy atom. The number of benzene rings is 1. The second-order valence-electron chi connectivity index (χ2n) is 4.47. The molecule has 0 bridgehead atoms. The number of halogens is 2. The van der Waals surface area contributed by atoms with Crippen LogP contribution in [0.3, 0.4) is 0 Å². The number of nitrogens with one attached hydrogen (secondary N) is 1. The second kappa shape index (κ2) is 4.78. The first-order chi connectivity index (χ1) is 10.3. The molecule has 1 unspecified atom stereocenters. The fraction of sp³-hybridized carbons (Fsp3) is 0.286. The van der Waals surface area contributed by atoms with Crippen molar-refractivity contribution < 1.29 is 8.50 Å². The van der Waals surface area contributed by atoms with Crippen molar-refractivity contribution in [2.24, 2.45) is 0 Å². The Bertz CT molecular complexity index is 704. The van der Waals surface area contributed by atoms with E-state index in [-0.39, 0.29) is 22.8 Å². The normalized spacial score (nSPS) is 20.3. The van der Waals surface area contributed by atoms with Crippen molar-refractivity contribution in [3.8, 4) is 0 Å². The molecule has 0 saturated heterocycles. The van der Waals surface area contributed by atoms with Crippen molar-refractivity contribution in [3.05, 3.63) is 52.2 Å². The van der Waals surface area contributed by atoms with Crippen LogP contribution in [0.4, 0.5) is 10.2 Å². The number of hydrogen-bond acceptors (Lipinski definition) is 3. The van der Waals surface area contributed by atoms with Crippen molar-refractivity contribution in [2.45, 2.75) is 18.8 Å². The quantitative estimate of drug-likeness (QED) is 0.857. The van der Waals surface area contributed by atoms with E-state index in [4.69, 9.17) is 15.7 Å². The van der Waals surface area contributed by atoms with Crippen LogP contribution in [0.5, 0.6) is 0 Å². The molecule has 1 N–H and O–H groups in total. The van der Waals surface area contributed by atoms with Gasteiger partial charge in [-0.05, 0) is 42.1 Å². The van der Waals surface area contributed by atoms with Crippen LogP contribution >= 0.6 is 11.6 Å². The zero-order chi connectivity index (χ0) is 15.9. The number of nitrogens with zero attached hydrogens (tertiary/aromatic N) is 2. The van der Waals surface area contributed by atoms with Crippen LogP contribution in [-0.4, -0.2) is 16.9 Å². The molecule has 1 aliphatic carbocycles. The Kier molecular flexibility index (Phi) is 2.33. The van der Waals surface area contributed by atoms with Gasteiger partial charge in [0.25, 0.3) is 0 Å². The molecule has 3 rings (SSSR count). The summed E-state index contributed by atoms with van der Waals surface area (Å²) in [7, 11) is 0. The third kappa shape index (κ3) is 2.16. The van der Waals surface area contributed by atoms with Crippen LogP contribution < -0.4 is 5.32 Å². The lowest BCUT2D eigenvalue weighted by molar-refractivity contribution is 0.625. The summed E-state index contributed by atoms with van der Waals surface area (Å²) in [6.07, 6.45) is 1.40. The minimum absolute atomic E-state index is 0.000452. The highest BCUT2D eigenvalue weighted by Gasteiger charge is 2.28. The van der Waals surface area contributed by atoms with Crippen LogP contribution in [-0.2, 0) is 6.42 Å². The lowest BCUT2D eigenvalue weighted by Gasteiger charge is -2.12. The average molecular weight is 281 g/mol. The van der Waals surface area contributed by atoms with Gasteiger partial charge in [0.05, 0.1) is 5.69 Å². The SMILES string of the molecule is [2H]C([2H])([2H])Nc1nc(Cl)nc2c1CCC2c1ccc(F)cc1. The molecule has 98 valence electrons. The standard InChI is InChI=1S/C14H13ClFN3/c1-17-13-11-7-6-10(12(11)18-14(15)19-13)8-2-4-9(16)5-3-8/h2-5,10H,6-7H2,1H3,(H,17,18,19)/i1D3. The Morgan fingerprint density at radius 2 is 2.16 bits per heavy atom. The van der Waals surface area contributed by atoms with E-state index in [0.717, 1.165) is 17.5 Å². The van der Waals surface area contributed by atoms with Gasteiger partial charge in [0.1, 0.15) is 11.6 Å². The van der Waals surface area contributed by atoms with Crippen LogP contribution in [0.15, 0.2) is 24.3 Å². The predicted octanol–water partition coefficient (Wildman–Crippen LogP) is 3.39. The molecule has 1 aromatic heterocycles. The molecule has 1 aromatic carbocycles. The first-order valence-corrected chi connectivity index (χ1v) is 6.31. The fourth-order valence-corrected chi connectivity index (χ4v) is 2.73. The van der Waals surface area contributed by atoms with E-state index in [0.29, 0.717) is 12.1 Å². The highest BCUT2D eigenvalue weighted by molar-refractivity contribution is 6.28. The zero-order valence-electron chi connectivity index (χ0n) is 13.0. The molecule has 1 aliphatic rings. The minimum atomic E-state index is -2.35. The molecular formula is C14H13ClFN3. The predicted molar refractivity (Wildman–Crippen MR) is 73.2 cm³/mol. The van der Waals surface area contributed by atoms with E-state index >= 15 is 0 Å². The summed E-state index contributed by atoms with van der Waals surface area (Å²) in [5.41, 5.74) is 2.39. The van der Waals surface area contributed by atoms with Crippen LogP contribution in [0, 0.1) is 5.82 Å². The first kappa shape index (κ1) is 9.26. The monoisotopic (exact) mass is 280 g/mol. The van der Waals surface area contributed by atoms with Crippen LogP contribution in [0.25, 0.3) is 0 Å². The minimum Gasteiger partial charge on any atom is -0.373 e. The molecule has 0 fully saturated rings. The van der Waals surface area contributed by atoms with Crippen molar-refractivity contribution in [1.82, 2.24) is 9.97 Å². The summed E-state index contributed by atoms with van der Waals surface area (Å²) in [5.74, 6) is -0.0830. The highest BCUT2D eigenvalue weighted by Crippen LogP contribution is 2.39. The fourth-order valence-electron chi connectivity index (χ4n) is 2.56. The van der Waals surface area contributed by atoms with Gasteiger partial charge < -0.3 is 5.32 Å². The second-order valence-corrected chi connectivity index (χ2v) is 4.81. The van der Waals surface area contributed by atoms with Crippen molar-refractivity contribution >= 4 is 17.4 Å². The smallest absolute Gasteiger partial charge is 0.224 e. The largest absolute Gasteiger partial charge is 0.373 e. The van der Waals surface area contributed by atoms with E-state index in [1.165, 1.54) is 12.1 Å². The van der Waals surface area contributed by atoms with Crippen molar-refractivity contribution in [3.63, 3.8) is 0 Å². The van der Waals surface area contributed by atoms with Crippen LogP contribution in [0.2, 0.25) is 5.28 Å². The topological polar surface area (TPSA) is 37.8 Å². The van der Waals surface area contributed by atoms with E-state index in [9.17, 15) is 4.39 Å². The molecule has 1 heterocycles. The third-order valence-electron chi connectivity index (χ3n) is 3.42. The van der Waals surface area contributed by atoms with Gasteiger partial charge in [-0.2, -0.15) is 0 Å². The zero-order valence-corrected chi connectivity index (χ0v) is 10.7. The molecule has 1 atom stereocenters. The van der Waals surface area contributed by atoms with Crippen LogP contribution in [0.1, 0.15) is 33.3 Å². The summed E-state index contributed by atoms with van der Waals surface area (Å²) < 4.78 is 35.0. The molecule has 2 aromatic rings. The summed E-state index contributed by atoms with van der Waals surface area (Å²) in [6.45, 7) is -2.35. The van der Waals surface area contributed by atoms with Crippen molar-refractivity contribution in [1.29, 1.82) is 0 Å². The summed E-state index contributed by atoms with van der Waals surface area (Å²) in [4.78, 5) is 8.26. The van der Waals surface area contributed by atoms with Gasteiger partial charge in [-0.15, -0.1) is 0 Å². The molecule has 0 radical (unpaired) electrons. The molecule has 0 amide bonds. The summed E-state index contributed by atoms with van der Waals surface area (Å²) >= 11 is 5.93. The molecule has 0 spiro atoms. The Morgan fingerprint density at radius 1 is 1.37 bits per heavy atom. The highest BCUT2D eigenvalue weighted by atomic mass is 35.5. The van der Waals surface area contributed by atoms with Gasteiger partial charge in [0.2, 0.25) is 5.28 Å². The van der Waals surface area contributed by atoms with Gasteiger partial charge in [-0.3, -0.25) is 0 Å². The van der Waals surface area contributed by atoms with E-state index in [1.54, 1.807) is 12.1 Å². The third-order valence-corrected chi connectivity index (χ3v) is 3.58. The first-order valence-electron chi connectivity index (χ1n) is 7.43. The lowest BCUT2D eigenvalue weighted by Crippen LogP contribution is -2.04. The lowest BCUT2D eigenvalue weighted by atomic mass is 9.97.